The van der Waals surface area contributed by atoms with Gasteiger partial charge in [0.25, 0.3) is 0 Å². The molecule has 6 nitrogen and oxygen atoms in total. The monoisotopic (exact) mass is 283 g/mol. The normalized spacial score (nSPS) is 20.1. The van der Waals surface area contributed by atoms with Crippen molar-refractivity contribution in [2.75, 3.05) is 12.3 Å². The maximum Gasteiger partial charge on any atom is 0.243 e. The van der Waals surface area contributed by atoms with Crippen molar-refractivity contribution >= 4 is 21.6 Å². The van der Waals surface area contributed by atoms with Gasteiger partial charge in [-0.2, -0.15) is 4.72 Å². The number of carbonyl (C=O) groups is 1. The highest BCUT2D eigenvalue weighted by Crippen LogP contribution is 2.22. The number of piperidine rings is 1. The summed E-state index contributed by atoms with van der Waals surface area (Å²) in [5.74, 6) is -0.290. The second kappa shape index (κ2) is 5.18. The molecular weight excluding hydrogens is 266 g/mol. The van der Waals surface area contributed by atoms with Gasteiger partial charge in [0.15, 0.2) is 0 Å². The Bertz CT molecular complexity index is 578. The average molecular weight is 283 g/mol. The van der Waals surface area contributed by atoms with E-state index < -0.39 is 16.1 Å². The Kier molecular flexibility index (Phi) is 3.77. The van der Waals surface area contributed by atoms with E-state index in [0.29, 0.717) is 18.5 Å². The van der Waals surface area contributed by atoms with Crippen LogP contribution in [0, 0.1) is 6.92 Å². The number of sulfonamides is 1. The van der Waals surface area contributed by atoms with E-state index in [-0.39, 0.29) is 16.5 Å². The first-order chi connectivity index (χ1) is 8.92. The van der Waals surface area contributed by atoms with Gasteiger partial charge in [-0.15, -0.1) is 0 Å². The van der Waals surface area contributed by atoms with Crippen molar-refractivity contribution in [1.82, 2.24) is 10.0 Å². The Labute approximate surface area is 112 Å². The zero-order chi connectivity index (χ0) is 14.0. The van der Waals surface area contributed by atoms with E-state index >= 15 is 0 Å². The van der Waals surface area contributed by atoms with E-state index in [1.165, 1.54) is 6.07 Å². The smallest absolute Gasteiger partial charge is 0.243 e. The third-order valence-corrected chi connectivity index (χ3v) is 4.78. The molecule has 0 aromatic heterocycles. The minimum Gasteiger partial charge on any atom is -0.398 e. The van der Waals surface area contributed by atoms with E-state index in [1.54, 1.807) is 19.1 Å². The standard InChI is InChI=1S/C12H17N3O3S/c1-8-4-2-5-9(13)11(8)19(17,18)15-10-6-3-7-14-12(10)16/h2,4-5,10,15H,3,6-7,13H2,1H3,(H,14,16). The summed E-state index contributed by atoms with van der Waals surface area (Å²) >= 11 is 0. The molecule has 1 aliphatic heterocycles. The molecule has 1 aromatic carbocycles. The van der Waals surface area contributed by atoms with Crippen LogP contribution < -0.4 is 15.8 Å². The molecule has 1 aliphatic rings. The summed E-state index contributed by atoms with van der Waals surface area (Å²) in [6, 6.07) is 4.17. The number of nitrogen functional groups attached to an aromatic ring is 1. The highest BCUT2D eigenvalue weighted by atomic mass is 32.2. The van der Waals surface area contributed by atoms with Crippen molar-refractivity contribution in [3.05, 3.63) is 23.8 Å². The van der Waals surface area contributed by atoms with Gasteiger partial charge in [-0.05, 0) is 31.4 Å². The maximum absolute atomic E-state index is 12.3. The molecular formula is C12H17N3O3S. The zero-order valence-electron chi connectivity index (χ0n) is 10.6. The zero-order valence-corrected chi connectivity index (χ0v) is 11.5. The highest BCUT2D eigenvalue weighted by molar-refractivity contribution is 7.89. The first-order valence-corrected chi connectivity index (χ1v) is 7.55. The number of hydrogen-bond donors (Lipinski definition) is 3. The fourth-order valence-corrected chi connectivity index (χ4v) is 3.76. The lowest BCUT2D eigenvalue weighted by Gasteiger charge is -2.23. The largest absolute Gasteiger partial charge is 0.398 e. The average Bonchev–Trinajstić information content (AvgIpc) is 2.31. The highest BCUT2D eigenvalue weighted by Gasteiger charge is 2.29. The molecule has 0 spiro atoms. The van der Waals surface area contributed by atoms with Gasteiger partial charge < -0.3 is 11.1 Å². The summed E-state index contributed by atoms with van der Waals surface area (Å²) in [5.41, 5.74) is 6.47. The molecule has 7 heteroatoms. The van der Waals surface area contributed by atoms with Crippen LogP contribution in [0.1, 0.15) is 18.4 Å². The second-order valence-corrected chi connectivity index (χ2v) is 6.25. The van der Waals surface area contributed by atoms with Gasteiger partial charge in [0.05, 0.1) is 5.69 Å². The van der Waals surface area contributed by atoms with Gasteiger partial charge in [-0.3, -0.25) is 4.79 Å². The molecule has 4 N–H and O–H groups in total. The number of anilines is 1. The van der Waals surface area contributed by atoms with Gasteiger partial charge in [-0.25, -0.2) is 8.42 Å². The molecule has 1 aromatic rings. The van der Waals surface area contributed by atoms with Gasteiger partial charge in [-0.1, -0.05) is 12.1 Å². The quantitative estimate of drug-likeness (QED) is 0.686. The van der Waals surface area contributed by atoms with Crippen molar-refractivity contribution in [2.24, 2.45) is 0 Å². The van der Waals surface area contributed by atoms with Gasteiger partial charge in [0.2, 0.25) is 15.9 Å². The lowest BCUT2D eigenvalue weighted by Crippen LogP contribution is -2.50. The van der Waals surface area contributed by atoms with E-state index in [1.807, 2.05) is 0 Å². The number of nitrogens with one attached hydrogen (secondary N) is 2. The maximum atomic E-state index is 12.3. The third kappa shape index (κ3) is 2.87. The Morgan fingerprint density at radius 3 is 2.79 bits per heavy atom. The second-order valence-electron chi connectivity index (χ2n) is 4.60. The van der Waals surface area contributed by atoms with Crippen molar-refractivity contribution < 1.29 is 13.2 Å². The molecule has 1 fully saturated rings. The fourth-order valence-electron chi connectivity index (χ4n) is 2.17. The lowest BCUT2D eigenvalue weighted by atomic mass is 10.1. The van der Waals surface area contributed by atoms with Crippen LogP contribution in [0.25, 0.3) is 0 Å². The van der Waals surface area contributed by atoms with Crippen LogP contribution >= 0.6 is 0 Å². The molecule has 1 heterocycles. The molecule has 0 aliphatic carbocycles. The summed E-state index contributed by atoms with van der Waals surface area (Å²) in [5, 5.41) is 2.64. The van der Waals surface area contributed by atoms with E-state index in [4.69, 9.17) is 5.73 Å². The number of carbonyl (C=O) groups excluding carboxylic acids is 1. The van der Waals surface area contributed by atoms with Crippen molar-refractivity contribution in [3.63, 3.8) is 0 Å². The minimum absolute atomic E-state index is 0.0494. The molecule has 1 unspecified atom stereocenters. The van der Waals surface area contributed by atoms with Crippen LogP contribution in [0.4, 0.5) is 5.69 Å². The van der Waals surface area contributed by atoms with Gasteiger partial charge >= 0.3 is 0 Å². The Hall–Kier alpha value is -1.60. The van der Waals surface area contributed by atoms with Crippen LogP contribution in [0.15, 0.2) is 23.1 Å². The molecule has 19 heavy (non-hydrogen) atoms. The number of hydrogen-bond acceptors (Lipinski definition) is 4. The summed E-state index contributed by atoms with van der Waals surface area (Å²) in [6.07, 6.45) is 1.25. The molecule has 104 valence electrons. The molecule has 1 saturated heterocycles. The van der Waals surface area contributed by atoms with Crippen molar-refractivity contribution in [2.45, 2.75) is 30.7 Å². The number of benzene rings is 1. The van der Waals surface area contributed by atoms with Crippen molar-refractivity contribution in [1.29, 1.82) is 0 Å². The summed E-state index contributed by atoms with van der Waals surface area (Å²) in [7, 11) is -3.79. The first kappa shape index (κ1) is 13.8. The number of rotatable bonds is 3. The van der Waals surface area contributed by atoms with Crippen LogP contribution in [0.5, 0.6) is 0 Å². The molecule has 1 amide bonds. The molecule has 2 rings (SSSR count). The van der Waals surface area contributed by atoms with E-state index in [9.17, 15) is 13.2 Å². The number of nitrogens with two attached hydrogens (primary N) is 1. The summed E-state index contributed by atoms with van der Waals surface area (Å²) in [6.45, 7) is 2.26. The minimum atomic E-state index is -3.79. The van der Waals surface area contributed by atoms with Crippen LogP contribution in [0.3, 0.4) is 0 Å². The summed E-state index contributed by atoms with van der Waals surface area (Å²) in [4.78, 5) is 11.7. The number of aryl methyl sites for hydroxylation is 1. The van der Waals surface area contributed by atoms with Gasteiger partial charge in [0.1, 0.15) is 10.9 Å². The third-order valence-electron chi connectivity index (χ3n) is 3.09. The van der Waals surface area contributed by atoms with Gasteiger partial charge in [0, 0.05) is 6.54 Å². The van der Waals surface area contributed by atoms with Crippen LogP contribution in [-0.2, 0) is 14.8 Å². The first-order valence-electron chi connectivity index (χ1n) is 6.07. The Balaban J connectivity index is 2.30. The SMILES string of the molecule is Cc1cccc(N)c1S(=O)(=O)NC1CCCNC1=O. The van der Waals surface area contributed by atoms with Crippen LogP contribution in [-0.4, -0.2) is 26.9 Å². The molecule has 0 radical (unpaired) electrons. The molecule has 0 saturated carbocycles. The predicted molar refractivity (Wildman–Crippen MR) is 71.9 cm³/mol. The Morgan fingerprint density at radius 1 is 1.42 bits per heavy atom. The summed E-state index contributed by atoms with van der Waals surface area (Å²) < 4.78 is 27.1. The molecule has 0 bridgehead atoms. The molecule has 1 atom stereocenters. The Morgan fingerprint density at radius 2 is 2.16 bits per heavy atom. The topological polar surface area (TPSA) is 101 Å². The lowest BCUT2D eigenvalue weighted by molar-refractivity contribution is -0.124. The van der Waals surface area contributed by atoms with E-state index in [0.717, 1.165) is 6.42 Å². The van der Waals surface area contributed by atoms with Crippen molar-refractivity contribution in [3.8, 4) is 0 Å². The number of amides is 1. The van der Waals surface area contributed by atoms with E-state index in [2.05, 4.69) is 10.0 Å². The predicted octanol–water partition coefficient (Wildman–Crippen LogP) is 0.134. The van der Waals surface area contributed by atoms with Crippen LogP contribution in [0.2, 0.25) is 0 Å². The fraction of sp³-hybridized carbons (Fsp3) is 0.417.